The summed E-state index contributed by atoms with van der Waals surface area (Å²) in [7, 11) is 0. The normalized spacial score (nSPS) is 11.3. The lowest BCUT2D eigenvalue weighted by molar-refractivity contribution is 0.0697. The van der Waals surface area contributed by atoms with E-state index in [1.54, 1.807) is 31.2 Å². The zero-order chi connectivity index (χ0) is 25.1. The second-order valence-electron chi connectivity index (χ2n) is 8.44. The van der Waals surface area contributed by atoms with E-state index >= 15 is 0 Å². The molecular weight excluding hydrogens is 444 g/mol. The van der Waals surface area contributed by atoms with Gasteiger partial charge in [0.1, 0.15) is 11.4 Å². The Morgan fingerprint density at radius 2 is 1.63 bits per heavy atom. The molecule has 178 valence electrons. The summed E-state index contributed by atoms with van der Waals surface area (Å²) in [6, 6.07) is 17.5. The third-order valence-corrected chi connectivity index (χ3v) is 6.04. The number of nitrogens with zero attached hydrogens (tertiary/aromatic N) is 3. The lowest BCUT2D eigenvalue weighted by Crippen LogP contribution is -2.14. The Labute approximate surface area is 202 Å². The maximum atomic E-state index is 12.9. The van der Waals surface area contributed by atoms with Crippen LogP contribution in [-0.2, 0) is 12.8 Å². The number of carboxylic acids is 1. The predicted molar refractivity (Wildman–Crippen MR) is 134 cm³/mol. The number of aryl methyl sites for hydroxylation is 4. The van der Waals surface area contributed by atoms with Gasteiger partial charge in [0.05, 0.1) is 16.9 Å². The second-order valence-corrected chi connectivity index (χ2v) is 8.44. The number of aromatic nitrogens is 2. The van der Waals surface area contributed by atoms with Gasteiger partial charge in [0.2, 0.25) is 0 Å². The molecule has 0 amide bonds. The van der Waals surface area contributed by atoms with E-state index < -0.39 is 11.5 Å². The minimum absolute atomic E-state index is 0.0326. The van der Waals surface area contributed by atoms with E-state index in [4.69, 9.17) is 0 Å². The third kappa shape index (κ3) is 4.91. The zero-order valence-corrected chi connectivity index (χ0v) is 19.7. The number of phenolic OH excluding ortho intramolecular Hbond substituents is 1. The van der Waals surface area contributed by atoms with Crippen LogP contribution in [-0.4, -0.2) is 26.0 Å². The summed E-state index contributed by atoms with van der Waals surface area (Å²) in [5, 5.41) is 31.2. The summed E-state index contributed by atoms with van der Waals surface area (Å²) in [5.41, 5.74) is 5.21. The number of phenols is 1. The number of hydrogen-bond acceptors (Lipinski definition) is 5. The largest absolute Gasteiger partial charge is 0.505 e. The van der Waals surface area contributed by atoms with Crippen LogP contribution in [0.25, 0.3) is 5.69 Å². The van der Waals surface area contributed by atoms with Crippen LogP contribution in [0.5, 0.6) is 5.75 Å². The van der Waals surface area contributed by atoms with Gasteiger partial charge in [-0.3, -0.25) is 9.89 Å². The highest BCUT2D eigenvalue weighted by Crippen LogP contribution is 2.32. The second kappa shape index (κ2) is 9.80. The van der Waals surface area contributed by atoms with Crippen LogP contribution in [0.15, 0.2) is 75.7 Å². The fourth-order valence-corrected chi connectivity index (χ4v) is 4.08. The average Bonchev–Trinajstić information content (AvgIpc) is 3.12. The van der Waals surface area contributed by atoms with E-state index in [1.807, 2.05) is 12.1 Å². The standard InChI is InChI=1S/C27H26N4O4/c1-16-7-4-8-17(2)22(16)14-13-19-9-6-12-23(25(19)32)28-29-24-18(3)30-31(26(24)33)21-11-5-10-20(15-21)27(34)35/h4-12,15,30,32H,13-14H2,1-3H3,(H,34,35). The van der Waals surface area contributed by atoms with E-state index in [9.17, 15) is 19.8 Å². The molecule has 0 spiro atoms. The van der Waals surface area contributed by atoms with Crippen LogP contribution < -0.4 is 5.56 Å². The molecule has 0 saturated carbocycles. The van der Waals surface area contributed by atoms with Crippen molar-refractivity contribution in [2.45, 2.75) is 33.6 Å². The number of H-pyrrole nitrogens is 1. The molecule has 0 aliphatic heterocycles. The van der Waals surface area contributed by atoms with Gasteiger partial charge in [-0.15, -0.1) is 10.2 Å². The summed E-state index contributed by atoms with van der Waals surface area (Å²) in [5.74, 6) is -1.05. The van der Waals surface area contributed by atoms with Crippen LogP contribution in [0.2, 0.25) is 0 Å². The van der Waals surface area contributed by atoms with Crippen molar-refractivity contribution in [3.63, 3.8) is 0 Å². The van der Waals surface area contributed by atoms with Crippen LogP contribution in [0.1, 0.15) is 38.3 Å². The Hall–Kier alpha value is -4.46. The summed E-state index contributed by atoms with van der Waals surface area (Å²) in [6.07, 6.45) is 1.42. The van der Waals surface area contributed by atoms with E-state index in [0.29, 0.717) is 17.8 Å². The number of aromatic amines is 1. The summed E-state index contributed by atoms with van der Waals surface area (Å²) in [4.78, 5) is 24.2. The maximum Gasteiger partial charge on any atom is 0.335 e. The van der Waals surface area contributed by atoms with E-state index in [0.717, 1.165) is 12.0 Å². The molecule has 0 atom stereocenters. The molecule has 0 saturated heterocycles. The first kappa shape index (κ1) is 23.7. The average molecular weight is 471 g/mol. The molecule has 3 aromatic carbocycles. The van der Waals surface area contributed by atoms with Gasteiger partial charge in [-0.05, 0) is 80.1 Å². The number of benzene rings is 3. The highest BCUT2D eigenvalue weighted by atomic mass is 16.4. The molecule has 0 aliphatic rings. The van der Waals surface area contributed by atoms with Crippen LogP contribution in [0, 0.1) is 20.8 Å². The fourth-order valence-electron chi connectivity index (χ4n) is 4.08. The number of nitrogens with one attached hydrogen (secondary N) is 1. The Morgan fingerprint density at radius 3 is 2.34 bits per heavy atom. The Morgan fingerprint density at radius 1 is 0.943 bits per heavy atom. The Kier molecular flexibility index (Phi) is 6.64. The minimum atomic E-state index is -1.09. The topological polar surface area (TPSA) is 120 Å². The molecule has 1 aromatic heterocycles. The molecule has 8 nitrogen and oxygen atoms in total. The third-order valence-electron chi connectivity index (χ3n) is 6.04. The van der Waals surface area contributed by atoms with Gasteiger partial charge in [-0.1, -0.05) is 36.4 Å². The lowest BCUT2D eigenvalue weighted by atomic mass is 9.96. The number of carboxylic acid groups (broad SMARTS) is 1. The Bertz CT molecular complexity index is 1480. The highest BCUT2D eigenvalue weighted by Gasteiger charge is 2.15. The van der Waals surface area contributed by atoms with Crippen LogP contribution in [0.4, 0.5) is 11.4 Å². The number of aromatic carboxylic acids is 1. The first-order valence-electron chi connectivity index (χ1n) is 11.2. The predicted octanol–water partition coefficient (Wildman–Crippen LogP) is 5.70. The van der Waals surface area contributed by atoms with Gasteiger partial charge in [-0.2, -0.15) is 0 Å². The zero-order valence-electron chi connectivity index (χ0n) is 19.7. The molecule has 4 rings (SSSR count). The van der Waals surface area contributed by atoms with Crippen molar-refractivity contribution in [3.05, 3.63) is 105 Å². The quantitative estimate of drug-likeness (QED) is 0.300. The van der Waals surface area contributed by atoms with Gasteiger partial charge >= 0.3 is 5.97 Å². The Balaban J connectivity index is 1.60. The molecule has 8 heteroatoms. The van der Waals surface area contributed by atoms with Gasteiger partial charge in [-0.25, -0.2) is 9.48 Å². The lowest BCUT2D eigenvalue weighted by Gasteiger charge is -2.11. The van der Waals surface area contributed by atoms with Gasteiger partial charge in [0.15, 0.2) is 5.69 Å². The molecule has 35 heavy (non-hydrogen) atoms. The molecule has 0 radical (unpaired) electrons. The number of carbonyl (C=O) groups is 1. The van der Waals surface area contributed by atoms with Crippen molar-refractivity contribution in [3.8, 4) is 11.4 Å². The van der Waals surface area contributed by atoms with Crippen molar-refractivity contribution >= 4 is 17.3 Å². The highest BCUT2D eigenvalue weighted by molar-refractivity contribution is 5.88. The van der Waals surface area contributed by atoms with Crippen molar-refractivity contribution in [1.29, 1.82) is 0 Å². The number of hydrogen-bond donors (Lipinski definition) is 3. The molecular formula is C27H26N4O4. The van der Waals surface area contributed by atoms with Crippen LogP contribution >= 0.6 is 0 Å². The van der Waals surface area contributed by atoms with Gasteiger partial charge in [0.25, 0.3) is 5.56 Å². The monoisotopic (exact) mass is 470 g/mol. The smallest absolute Gasteiger partial charge is 0.335 e. The summed E-state index contributed by atoms with van der Waals surface area (Å²) >= 11 is 0. The maximum absolute atomic E-state index is 12.9. The van der Waals surface area contributed by atoms with Crippen molar-refractivity contribution in [1.82, 2.24) is 9.78 Å². The van der Waals surface area contributed by atoms with Crippen molar-refractivity contribution in [2.24, 2.45) is 10.2 Å². The number of rotatable bonds is 7. The SMILES string of the molecule is Cc1cccc(C)c1CCc1cccc(N=Nc2c(C)[nH]n(-c3cccc(C(=O)O)c3)c2=O)c1O. The first-order valence-corrected chi connectivity index (χ1v) is 11.2. The number of azo groups is 1. The van der Waals surface area contributed by atoms with Gasteiger partial charge < -0.3 is 10.2 Å². The van der Waals surface area contributed by atoms with E-state index in [1.165, 1.54) is 33.5 Å². The summed E-state index contributed by atoms with van der Waals surface area (Å²) < 4.78 is 1.22. The molecule has 0 aliphatic carbocycles. The van der Waals surface area contributed by atoms with E-state index in [2.05, 4.69) is 41.3 Å². The number of para-hydroxylation sites is 1. The van der Waals surface area contributed by atoms with Gasteiger partial charge in [0, 0.05) is 0 Å². The molecule has 4 aromatic rings. The molecule has 1 heterocycles. The van der Waals surface area contributed by atoms with E-state index in [-0.39, 0.29) is 22.7 Å². The number of aromatic hydroxyl groups is 1. The fraction of sp³-hybridized carbons (Fsp3) is 0.185. The molecule has 0 bridgehead atoms. The summed E-state index contributed by atoms with van der Waals surface area (Å²) in [6.45, 7) is 5.83. The van der Waals surface area contributed by atoms with Crippen molar-refractivity contribution in [2.75, 3.05) is 0 Å². The van der Waals surface area contributed by atoms with Crippen LogP contribution in [0.3, 0.4) is 0 Å². The van der Waals surface area contributed by atoms with Crippen molar-refractivity contribution < 1.29 is 15.0 Å². The molecule has 3 N–H and O–H groups in total. The molecule has 0 fully saturated rings. The molecule has 0 unspecified atom stereocenters. The minimum Gasteiger partial charge on any atom is -0.505 e. The first-order chi connectivity index (χ1) is 16.8.